The van der Waals surface area contributed by atoms with Crippen LogP contribution in [0.15, 0.2) is 71.4 Å². The number of carbonyl (C=O) groups excluding carboxylic acids is 2. The van der Waals surface area contributed by atoms with Crippen LogP contribution in [-0.4, -0.2) is 52.2 Å². The van der Waals surface area contributed by atoms with Crippen molar-refractivity contribution in [2.45, 2.75) is 65.2 Å². The molecule has 2 amide bonds. The monoisotopic (exact) mass is 477 g/mol. The molecule has 0 aromatic heterocycles. The van der Waals surface area contributed by atoms with Crippen molar-refractivity contribution in [1.29, 1.82) is 0 Å². The molecule has 0 spiro atoms. The second-order valence-corrected chi connectivity index (χ2v) is 10.5. The topological polar surface area (TPSA) is 71.4 Å². The zero-order valence-corrected chi connectivity index (χ0v) is 21.6. The SMILES string of the molecule is CN1/C(=N\C(=O)OC(C)(C)C)N(C(=O)OC(C)(C)C)/C(=C\c2ccccc2)C1Cc1ccccc1. The van der Waals surface area contributed by atoms with Crippen LogP contribution in [0.1, 0.15) is 52.7 Å². The van der Waals surface area contributed by atoms with Crippen LogP contribution >= 0.6 is 0 Å². The van der Waals surface area contributed by atoms with Crippen LogP contribution in [-0.2, 0) is 15.9 Å². The van der Waals surface area contributed by atoms with E-state index in [0.29, 0.717) is 12.1 Å². The molecule has 2 aromatic carbocycles. The molecule has 1 unspecified atom stereocenters. The van der Waals surface area contributed by atoms with Crippen molar-refractivity contribution in [3.05, 3.63) is 77.5 Å². The molecule has 1 fully saturated rings. The number of carbonyl (C=O) groups is 2. The van der Waals surface area contributed by atoms with Gasteiger partial charge in [-0.25, -0.2) is 14.5 Å². The Kier molecular flexibility index (Phi) is 7.68. The molecule has 35 heavy (non-hydrogen) atoms. The summed E-state index contributed by atoms with van der Waals surface area (Å²) in [5.41, 5.74) is 1.22. The van der Waals surface area contributed by atoms with E-state index in [2.05, 4.69) is 4.99 Å². The molecule has 7 heteroatoms. The maximum atomic E-state index is 13.5. The van der Waals surface area contributed by atoms with Gasteiger partial charge in [0.15, 0.2) is 0 Å². The van der Waals surface area contributed by atoms with Gasteiger partial charge in [0.1, 0.15) is 11.2 Å². The molecule has 0 N–H and O–H groups in total. The summed E-state index contributed by atoms with van der Waals surface area (Å²) in [6.07, 6.45) is 1.16. The number of amides is 2. The summed E-state index contributed by atoms with van der Waals surface area (Å²) >= 11 is 0. The number of hydrogen-bond acceptors (Lipinski definition) is 4. The Labute approximate surface area is 208 Å². The van der Waals surface area contributed by atoms with Gasteiger partial charge in [0.2, 0.25) is 5.96 Å². The van der Waals surface area contributed by atoms with Crippen molar-refractivity contribution in [1.82, 2.24) is 9.80 Å². The molecule has 1 aliphatic heterocycles. The molecule has 1 heterocycles. The van der Waals surface area contributed by atoms with Crippen LogP contribution in [0, 0.1) is 0 Å². The fraction of sp³-hybridized carbons (Fsp3) is 0.393. The van der Waals surface area contributed by atoms with Gasteiger partial charge < -0.3 is 14.4 Å². The summed E-state index contributed by atoms with van der Waals surface area (Å²) in [7, 11) is 1.82. The van der Waals surface area contributed by atoms with Crippen molar-refractivity contribution in [3.8, 4) is 0 Å². The lowest BCUT2D eigenvalue weighted by Crippen LogP contribution is -2.40. The Morgan fingerprint density at radius 3 is 1.97 bits per heavy atom. The van der Waals surface area contributed by atoms with Crippen molar-refractivity contribution >= 4 is 24.2 Å². The number of guanidine groups is 1. The lowest BCUT2D eigenvalue weighted by molar-refractivity contribution is 0.0414. The summed E-state index contributed by atoms with van der Waals surface area (Å²) in [6.45, 7) is 10.7. The van der Waals surface area contributed by atoms with E-state index < -0.39 is 23.4 Å². The first-order chi connectivity index (χ1) is 16.3. The minimum Gasteiger partial charge on any atom is -0.443 e. The third-order valence-electron chi connectivity index (χ3n) is 5.13. The minimum atomic E-state index is -0.771. The minimum absolute atomic E-state index is 0.164. The Balaban J connectivity index is 2.14. The van der Waals surface area contributed by atoms with Gasteiger partial charge >= 0.3 is 12.2 Å². The van der Waals surface area contributed by atoms with Crippen molar-refractivity contribution in [2.75, 3.05) is 7.05 Å². The van der Waals surface area contributed by atoms with E-state index in [9.17, 15) is 9.59 Å². The van der Waals surface area contributed by atoms with Gasteiger partial charge in [0, 0.05) is 7.05 Å². The van der Waals surface area contributed by atoms with Gasteiger partial charge in [-0.2, -0.15) is 0 Å². The predicted molar refractivity (Wildman–Crippen MR) is 138 cm³/mol. The van der Waals surface area contributed by atoms with Gasteiger partial charge in [-0.1, -0.05) is 60.7 Å². The van der Waals surface area contributed by atoms with Crippen molar-refractivity contribution in [3.63, 3.8) is 0 Å². The second-order valence-electron chi connectivity index (χ2n) is 10.5. The average Bonchev–Trinajstić information content (AvgIpc) is 2.98. The zero-order chi connectivity index (χ0) is 25.8. The number of ether oxygens (including phenoxy) is 2. The molecule has 3 rings (SSSR count). The van der Waals surface area contributed by atoms with E-state index >= 15 is 0 Å². The van der Waals surface area contributed by atoms with Crippen LogP contribution in [0.3, 0.4) is 0 Å². The van der Waals surface area contributed by atoms with E-state index in [1.807, 2.05) is 78.7 Å². The molecule has 0 bridgehead atoms. The molecule has 1 atom stereocenters. The maximum absolute atomic E-state index is 13.5. The van der Waals surface area contributed by atoms with E-state index in [-0.39, 0.29) is 12.0 Å². The lowest BCUT2D eigenvalue weighted by Gasteiger charge is -2.25. The summed E-state index contributed by atoms with van der Waals surface area (Å²) < 4.78 is 11.2. The van der Waals surface area contributed by atoms with Crippen LogP contribution in [0.2, 0.25) is 0 Å². The summed E-state index contributed by atoms with van der Waals surface area (Å²) in [5.74, 6) is 0.164. The molecule has 0 aliphatic carbocycles. The highest BCUT2D eigenvalue weighted by atomic mass is 16.6. The molecule has 2 aromatic rings. The van der Waals surface area contributed by atoms with Crippen LogP contribution in [0.4, 0.5) is 9.59 Å². The first-order valence-corrected chi connectivity index (χ1v) is 11.7. The fourth-order valence-electron chi connectivity index (χ4n) is 3.71. The van der Waals surface area contributed by atoms with E-state index in [1.165, 1.54) is 4.90 Å². The van der Waals surface area contributed by atoms with Crippen molar-refractivity contribution in [2.24, 2.45) is 4.99 Å². The molecule has 7 nitrogen and oxygen atoms in total. The van der Waals surface area contributed by atoms with Gasteiger partial charge in [-0.05, 0) is 65.2 Å². The highest BCUT2D eigenvalue weighted by Crippen LogP contribution is 2.32. The zero-order valence-electron chi connectivity index (χ0n) is 21.6. The molecular weight excluding hydrogens is 442 g/mol. The van der Waals surface area contributed by atoms with E-state index in [0.717, 1.165) is 11.1 Å². The number of aliphatic imine (C=N–C) groups is 1. The molecular formula is C28H35N3O4. The number of rotatable bonds is 3. The smallest absolute Gasteiger partial charge is 0.437 e. The molecule has 0 radical (unpaired) electrons. The average molecular weight is 478 g/mol. The predicted octanol–water partition coefficient (Wildman–Crippen LogP) is 6.11. The molecule has 0 saturated carbocycles. The van der Waals surface area contributed by atoms with Crippen LogP contribution in [0.5, 0.6) is 0 Å². The highest BCUT2D eigenvalue weighted by Gasteiger charge is 2.44. The Hall–Kier alpha value is -3.61. The standard InChI is InChI=1S/C28H35N3O4/c1-27(2,3)34-25(32)29-24-30(7)22(18-20-14-10-8-11-15-20)23(19-21-16-12-9-13-17-21)31(24)26(33)35-28(4,5)6/h8-17,19,22H,18H2,1-7H3/b23-19-,29-24+. The van der Waals surface area contributed by atoms with E-state index in [4.69, 9.17) is 9.47 Å². The number of benzene rings is 2. The van der Waals surface area contributed by atoms with Gasteiger partial charge in [0.05, 0.1) is 11.7 Å². The summed E-state index contributed by atoms with van der Waals surface area (Å²) in [4.78, 5) is 33.6. The Morgan fingerprint density at radius 2 is 1.43 bits per heavy atom. The van der Waals surface area contributed by atoms with Crippen LogP contribution in [0.25, 0.3) is 6.08 Å². The summed E-state index contributed by atoms with van der Waals surface area (Å²) in [5, 5.41) is 0. The van der Waals surface area contributed by atoms with Gasteiger partial charge in [0.25, 0.3) is 0 Å². The van der Waals surface area contributed by atoms with Crippen molar-refractivity contribution < 1.29 is 19.1 Å². The molecule has 1 aliphatic rings. The Bertz CT molecular complexity index is 1100. The fourth-order valence-corrected chi connectivity index (χ4v) is 3.71. The lowest BCUT2D eigenvalue weighted by atomic mass is 10.0. The number of likely N-dealkylation sites (N-methyl/N-ethyl adjacent to an activating group) is 1. The Morgan fingerprint density at radius 1 is 0.886 bits per heavy atom. The molecule has 1 saturated heterocycles. The van der Waals surface area contributed by atoms with Gasteiger partial charge in [-0.15, -0.1) is 4.99 Å². The number of nitrogens with zero attached hydrogens (tertiary/aromatic N) is 3. The van der Waals surface area contributed by atoms with E-state index in [1.54, 1.807) is 41.5 Å². The first kappa shape index (κ1) is 26.0. The molecule has 186 valence electrons. The highest BCUT2D eigenvalue weighted by molar-refractivity contribution is 6.04. The third-order valence-corrected chi connectivity index (χ3v) is 5.13. The normalized spacial score (nSPS) is 18.8. The maximum Gasteiger partial charge on any atom is 0.437 e. The van der Waals surface area contributed by atoms with Crippen LogP contribution < -0.4 is 0 Å². The van der Waals surface area contributed by atoms with Gasteiger partial charge in [-0.3, -0.25) is 0 Å². The largest absolute Gasteiger partial charge is 0.443 e. The summed E-state index contributed by atoms with van der Waals surface area (Å²) in [6, 6.07) is 19.4. The third kappa shape index (κ3) is 7.18. The second kappa shape index (κ2) is 10.3. The first-order valence-electron chi connectivity index (χ1n) is 11.7. The quantitative estimate of drug-likeness (QED) is 0.533. The number of hydrogen-bond donors (Lipinski definition) is 0.